The van der Waals surface area contributed by atoms with Gasteiger partial charge in [-0.25, -0.2) is 4.98 Å². The summed E-state index contributed by atoms with van der Waals surface area (Å²) in [6.07, 6.45) is 5.88. The molecular formula is C22H27N3O2. The van der Waals surface area contributed by atoms with E-state index in [9.17, 15) is 5.21 Å². The van der Waals surface area contributed by atoms with Crippen molar-refractivity contribution in [3.05, 3.63) is 65.4 Å². The quantitative estimate of drug-likeness (QED) is 0.269. The van der Waals surface area contributed by atoms with Crippen LogP contribution in [0.2, 0.25) is 0 Å². The molecule has 2 heterocycles. The molecule has 1 aliphatic heterocycles. The van der Waals surface area contributed by atoms with E-state index in [1.165, 1.54) is 5.56 Å². The molecule has 0 bridgehead atoms. The maximum absolute atomic E-state index is 9.76. The summed E-state index contributed by atoms with van der Waals surface area (Å²) in [4.78, 5) is 6.45. The molecule has 3 rings (SSSR count). The molecule has 0 fully saturated rings. The molecule has 1 aliphatic rings. The van der Waals surface area contributed by atoms with Gasteiger partial charge in [-0.3, -0.25) is 0 Å². The Kier molecular flexibility index (Phi) is 5.49. The van der Waals surface area contributed by atoms with Crippen LogP contribution in [-0.4, -0.2) is 33.0 Å². The lowest BCUT2D eigenvalue weighted by molar-refractivity contribution is 0.288. The molecule has 2 unspecified atom stereocenters. The molecule has 5 nitrogen and oxygen atoms in total. The summed E-state index contributed by atoms with van der Waals surface area (Å²) in [6.45, 7) is 10.5. The highest BCUT2D eigenvalue weighted by molar-refractivity contribution is 6.01. The molecule has 1 aromatic carbocycles. The van der Waals surface area contributed by atoms with Gasteiger partial charge in [0.1, 0.15) is 5.75 Å². The maximum Gasteiger partial charge on any atom is 0.230 e. The van der Waals surface area contributed by atoms with E-state index in [1.54, 1.807) is 6.20 Å². The monoisotopic (exact) mass is 365 g/mol. The molecule has 0 saturated heterocycles. The molecule has 27 heavy (non-hydrogen) atoms. The second kappa shape index (κ2) is 7.82. The molecule has 0 spiro atoms. The number of ether oxygens (including phenoxy) is 1. The number of rotatable bonds is 4. The smallest absolute Gasteiger partial charge is 0.230 e. The third-order valence-electron chi connectivity index (χ3n) is 4.85. The molecule has 1 N–H and O–H groups in total. The highest BCUT2D eigenvalue weighted by atomic mass is 16.5. The van der Waals surface area contributed by atoms with Crippen LogP contribution in [0.25, 0.3) is 0 Å². The van der Waals surface area contributed by atoms with Gasteiger partial charge in [-0.15, -0.1) is 0 Å². The van der Waals surface area contributed by atoms with E-state index >= 15 is 0 Å². The number of oxime groups is 1. The van der Waals surface area contributed by atoms with E-state index in [0.717, 1.165) is 11.3 Å². The number of benzene rings is 1. The van der Waals surface area contributed by atoms with Gasteiger partial charge in [0, 0.05) is 18.3 Å². The van der Waals surface area contributed by atoms with E-state index in [4.69, 9.17) is 4.74 Å². The lowest BCUT2D eigenvalue weighted by Gasteiger charge is -2.29. The minimum Gasteiger partial charge on any atom is -0.438 e. The van der Waals surface area contributed by atoms with Gasteiger partial charge in [0.2, 0.25) is 5.88 Å². The fourth-order valence-corrected chi connectivity index (χ4v) is 3.43. The van der Waals surface area contributed by atoms with Crippen molar-refractivity contribution in [3.63, 3.8) is 0 Å². The van der Waals surface area contributed by atoms with E-state index in [1.807, 2.05) is 29.2 Å². The summed E-state index contributed by atoms with van der Waals surface area (Å²) in [5.74, 6) is 2.02. The largest absolute Gasteiger partial charge is 0.438 e. The number of pyridine rings is 1. The SMILES string of the molecule is Cc1cc(Oc2ncccc2/C(=N/O)N2C(C)C=CC2C)cc(C(C)C)c1. The van der Waals surface area contributed by atoms with Crippen molar-refractivity contribution in [2.24, 2.45) is 5.16 Å². The van der Waals surface area contributed by atoms with Gasteiger partial charge in [0.05, 0.1) is 5.56 Å². The zero-order valence-electron chi connectivity index (χ0n) is 16.5. The first-order valence-corrected chi connectivity index (χ1v) is 9.34. The zero-order chi connectivity index (χ0) is 19.6. The van der Waals surface area contributed by atoms with Crippen LogP contribution in [0.15, 0.2) is 53.8 Å². The van der Waals surface area contributed by atoms with Crippen molar-refractivity contribution in [1.29, 1.82) is 0 Å². The standard InChI is InChI=1S/C22H27N3O2/c1-14(2)18-11-15(3)12-19(13-18)27-22-20(7-6-10-23-22)21(24-26)25-16(4)8-9-17(25)5/h6-14,16-17,26H,1-5H3/b24-21-. The fourth-order valence-electron chi connectivity index (χ4n) is 3.43. The third-order valence-corrected chi connectivity index (χ3v) is 4.85. The van der Waals surface area contributed by atoms with Gasteiger partial charge in [0.25, 0.3) is 0 Å². The number of amidine groups is 1. The summed E-state index contributed by atoms with van der Waals surface area (Å²) in [5.41, 5.74) is 3.01. The van der Waals surface area contributed by atoms with Crippen LogP contribution < -0.4 is 4.74 Å². The molecular weight excluding hydrogens is 338 g/mol. The summed E-state index contributed by atoms with van der Waals surface area (Å²) in [6, 6.07) is 10.1. The Bertz CT molecular complexity index is 862. The Morgan fingerprint density at radius 2 is 1.89 bits per heavy atom. The number of hydrogen-bond acceptors (Lipinski definition) is 4. The zero-order valence-corrected chi connectivity index (χ0v) is 16.5. The Hall–Kier alpha value is -2.82. The Morgan fingerprint density at radius 3 is 2.52 bits per heavy atom. The Labute approximate surface area is 161 Å². The van der Waals surface area contributed by atoms with Crippen molar-refractivity contribution in [2.45, 2.75) is 52.6 Å². The van der Waals surface area contributed by atoms with Crippen LogP contribution in [0, 0.1) is 6.92 Å². The molecule has 0 amide bonds. The van der Waals surface area contributed by atoms with E-state index in [0.29, 0.717) is 23.2 Å². The van der Waals surface area contributed by atoms with Gasteiger partial charge in [-0.1, -0.05) is 37.2 Å². The molecule has 5 heteroatoms. The molecule has 1 aromatic heterocycles. The molecule has 142 valence electrons. The summed E-state index contributed by atoms with van der Waals surface area (Å²) in [7, 11) is 0. The minimum absolute atomic E-state index is 0.130. The average molecular weight is 365 g/mol. The maximum atomic E-state index is 9.76. The molecule has 0 aliphatic carbocycles. The van der Waals surface area contributed by atoms with Gasteiger partial charge in [-0.2, -0.15) is 0 Å². The fraction of sp³-hybridized carbons (Fsp3) is 0.364. The predicted molar refractivity (Wildman–Crippen MR) is 108 cm³/mol. The van der Waals surface area contributed by atoms with E-state index < -0.39 is 0 Å². The number of hydrogen-bond donors (Lipinski definition) is 1. The van der Waals surface area contributed by atoms with E-state index in [2.05, 4.69) is 63.0 Å². The first-order chi connectivity index (χ1) is 12.9. The van der Waals surface area contributed by atoms with Crippen LogP contribution in [0.5, 0.6) is 11.6 Å². The lowest BCUT2D eigenvalue weighted by Crippen LogP contribution is -2.40. The molecule has 2 atom stereocenters. The average Bonchev–Trinajstić information content (AvgIpc) is 2.96. The second-order valence-corrected chi connectivity index (χ2v) is 7.39. The normalized spacial score (nSPS) is 19.8. The first kappa shape index (κ1) is 19.0. The summed E-state index contributed by atoms with van der Waals surface area (Å²) in [5, 5.41) is 13.4. The van der Waals surface area contributed by atoms with Gasteiger partial charge < -0.3 is 14.8 Å². The van der Waals surface area contributed by atoms with Gasteiger partial charge >= 0.3 is 0 Å². The lowest BCUT2D eigenvalue weighted by atomic mass is 10.0. The highest BCUT2D eigenvalue weighted by Crippen LogP contribution is 2.30. The number of aromatic nitrogens is 1. The van der Waals surface area contributed by atoms with Crippen molar-refractivity contribution in [1.82, 2.24) is 9.88 Å². The third kappa shape index (κ3) is 3.97. The van der Waals surface area contributed by atoms with Crippen molar-refractivity contribution in [2.75, 3.05) is 0 Å². The van der Waals surface area contributed by atoms with Crippen molar-refractivity contribution in [3.8, 4) is 11.6 Å². The highest BCUT2D eigenvalue weighted by Gasteiger charge is 2.29. The van der Waals surface area contributed by atoms with Crippen molar-refractivity contribution < 1.29 is 9.94 Å². The van der Waals surface area contributed by atoms with Crippen LogP contribution in [0.4, 0.5) is 0 Å². The van der Waals surface area contributed by atoms with Crippen LogP contribution in [-0.2, 0) is 0 Å². The topological polar surface area (TPSA) is 58.0 Å². The Morgan fingerprint density at radius 1 is 1.19 bits per heavy atom. The van der Waals surface area contributed by atoms with Crippen LogP contribution in [0.3, 0.4) is 0 Å². The molecule has 0 radical (unpaired) electrons. The number of aryl methyl sites for hydroxylation is 1. The summed E-state index contributed by atoms with van der Waals surface area (Å²) < 4.78 is 6.14. The second-order valence-electron chi connectivity index (χ2n) is 7.39. The molecule has 2 aromatic rings. The Balaban J connectivity index is 1.97. The predicted octanol–water partition coefficient (Wildman–Crippen LogP) is 5.09. The first-order valence-electron chi connectivity index (χ1n) is 9.34. The van der Waals surface area contributed by atoms with Crippen LogP contribution in [0.1, 0.15) is 50.3 Å². The van der Waals surface area contributed by atoms with Gasteiger partial charge in [-0.05, 0) is 62.1 Å². The summed E-state index contributed by atoms with van der Waals surface area (Å²) >= 11 is 0. The van der Waals surface area contributed by atoms with Gasteiger partial charge in [0.15, 0.2) is 5.84 Å². The van der Waals surface area contributed by atoms with Crippen molar-refractivity contribution >= 4 is 5.84 Å². The van der Waals surface area contributed by atoms with Crippen LogP contribution >= 0.6 is 0 Å². The van der Waals surface area contributed by atoms with E-state index in [-0.39, 0.29) is 12.1 Å². The minimum atomic E-state index is 0.130. The number of nitrogens with zero attached hydrogens (tertiary/aromatic N) is 3. The molecule has 0 saturated carbocycles.